The maximum atomic E-state index is 12.0. The van der Waals surface area contributed by atoms with Gasteiger partial charge in [-0.25, -0.2) is 9.59 Å². The van der Waals surface area contributed by atoms with E-state index in [1.165, 1.54) is 12.1 Å². The molecule has 8 heteroatoms. The van der Waals surface area contributed by atoms with E-state index in [0.29, 0.717) is 5.56 Å². The van der Waals surface area contributed by atoms with Crippen molar-refractivity contribution in [1.82, 2.24) is 0 Å². The number of hydrogen-bond donors (Lipinski definition) is 0. The minimum atomic E-state index is -2.32. The molecule has 0 aliphatic heterocycles. The standard InChI is InChI=1S/C13H14ClNO6/c1-20-11(16)13(14,12(17)21-2)10(8-15(18)19)9-6-4-3-5-7-9/h3-7,10H,8H2,1-2H3. The van der Waals surface area contributed by atoms with E-state index >= 15 is 0 Å². The zero-order chi connectivity index (χ0) is 16.0. The van der Waals surface area contributed by atoms with Crippen molar-refractivity contribution in [2.45, 2.75) is 10.8 Å². The first kappa shape index (κ1) is 16.9. The van der Waals surface area contributed by atoms with Crippen LogP contribution in [0.1, 0.15) is 11.5 Å². The third-order valence-corrected chi connectivity index (χ3v) is 3.55. The van der Waals surface area contributed by atoms with Gasteiger partial charge in [0.05, 0.1) is 20.1 Å². The molecule has 1 aromatic carbocycles. The molecule has 1 rings (SSSR count). The Morgan fingerprint density at radius 3 is 2.10 bits per heavy atom. The Kier molecular flexibility index (Phi) is 5.66. The van der Waals surface area contributed by atoms with Crippen LogP contribution < -0.4 is 0 Å². The Morgan fingerprint density at radius 1 is 1.24 bits per heavy atom. The monoisotopic (exact) mass is 315 g/mol. The van der Waals surface area contributed by atoms with Crippen LogP contribution in [0.4, 0.5) is 0 Å². The van der Waals surface area contributed by atoms with Crippen LogP contribution in [0, 0.1) is 10.1 Å². The van der Waals surface area contributed by atoms with Crippen LogP contribution in [0.25, 0.3) is 0 Å². The van der Waals surface area contributed by atoms with Crippen LogP contribution >= 0.6 is 11.6 Å². The van der Waals surface area contributed by atoms with E-state index in [1.54, 1.807) is 18.2 Å². The van der Waals surface area contributed by atoms with E-state index in [9.17, 15) is 19.7 Å². The molecule has 1 atom stereocenters. The second-order valence-corrected chi connectivity index (χ2v) is 4.77. The summed E-state index contributed by atoms with van der Waals surface area (Å²) in [7, 11) is 2.08. The molecule has 0 amide bonds. The maximum absolute atomic E-state index is 12.0. The molecule has 0 N–H and O–H groups in total. The Labute approximate surface area is 125 Å². The van der Waals surface area contributed by atoms with Crippen LogP contribution in [0.2, 0.25) is 0 Å². The molecule has 21 heavy (non-hydrogen) atoms. The van der Waals surface area contributed by atoms with Gasteiger partial charge in [-0.1, -0.05) is 41.9 Å². The molecule has 1 unspecified atom stereocenters. The molecule has 0 spiro atoms. The number of nitrogens with zero attached hydrogens (tertiary/aromatic N) is 1. The second-order valence-electron chi connectivity index (χ2n) is 4.17. The number of carbonyl (C=O) groups is 2. The Bertz CT molecular complexity index is 517. The van der Waals surface area contributed by atoms with Crippen LogP contribution in [-0.4, -0.2) is 42.5 Å². The molecule has 0 heterocycles. The highest BCUT2D eigenvalue weighted by molar-refractivity contribution is 6.45. The van der Waals surface area contributed by atoms with E-state index in [4.69, 9.17) is 11.6 Å². The van der Waals surface area contributed by atoms with E-state index in [2.05, 4.69) is 9.47 Å². The molecule has 0 bridgehead atoms. The third kappa shape index (κ3) is 3.49. The van der Waals surface area contributed by atoms with Gasteiger partial charge in [0.15, 0.2) is 0 Å². The van der Waals surface area contributed by atoms with E-state index in [1.807, 2.05) is 0 Å². The Hall–Kier alpha value is -2.15. The van der Waals surface area contributed by atoms with E-state index < -0.39 is 34.2 Å². The lowest BCUT2D eigenvalue weighted by Crippen LogP contribution is -2.50. The lowest BCUT2D eigenvalue weighted by Gasteiger charge is -2.28. The smallest absolute Gasteiger partial charge is 0.339 e. The zero-order valence-corrected chi connectivity index (χ0v) is 12.2. The summed E-state index contributed by atoms with van der Waals surface area (Å²) in [6, 6.07) is 8.01. The van der Waals surface area contributed by atoms with E-state index in [0.717, 1.165) is 14.2 Å². The largest absolute Gasteiger partial charge is 0.467 e. The van der Waals surface area contributed by atoms with Crippen molar-refractivity contribution in [3.8, 4) is 0 Å². The normalized spacial score (nSPS) is 12.3. The fourth-order valence-electron chi connectivity index (χ4n) is 1.96. The first-order valence-corrected chi connectivity index (χ1v) is 6.28. The fraction of sp³-hybridized carbons (Fsp3) is 0.385. The van der Waals surface area contributed by atoms with Gasteiger partial charge in [0.25, 0.3) is 4.87 Å². The summed E-state index contributed by atoms with van der Waals surface area (Å²) in [4.78, 5) is 31.8. The number of alkyl halides is 1. The lowest BCUT2D eigenvalue weighted by molar-refractivity contribution is -0.483. The van der Waals surface area contributed by atoms with Gasteiger partial charge in [-0.2, -0.15) is 0 Å². The number of nitro groups is 1. The molecule has 0 aliphatic rings. The van der Waals surface area contributed by atoms with Gasteiger partial charge in [0.2, 0.25) is 6.54 Å². The van der Waals surface area contributed by atoms with Crippen molar-refractivity contribution in [1.29, 1.82) is 0 Å². The van der Waals surface area contributed by atoms with Gasteiger partial charge in [0, 0.05) is 4.92 Å². The van der Waals surface area contributed by atoms with Crippen molar-refractivity contribution in [2.24, 2.45) is 0 Å². The number of rotatable bonds is 6. The first-order valence-electron chi connectivity index (χ1n) is 5.90. The van der Waals surface area contributed by atoms with Gasteiger partial charge in [-0.15, -0.1) is 0 Å². The number of ether oxygens (including phenoxy) is 2. The van der Waals surface area contributed by atoms with Crippen LogP contribution in [-0.2, 0) is 19.1 Å². The number of methoxy groups -OCH3 is 2. The van der Waals surface area contributed by atoms with Gasteiger partial charge in [0.1, 0.15) is 0 Å². The number of halogens is 1. The summed E-state index contributed by atoms with van der Waals surface area (Å²) in [6.45, 7) is -0.724. The van der Waals surface area contributed by atoms with Crippen molar-refractivity contribution >= 4 is 23.5 Å². The van der Waals surface area contributed by atoms with Crippen molar-refractivity contribution in [2.75, 3.05) is 20.8 Å². The lowest BCUT2D eigenvalue weighted by atomic mass is 9.85. The highest BCUT2D eigenvalue weighted by atomic mass is 35.5. The van der Waals surface area contributed by atoms with Crippen molar-refractivity contribution < 1.29 is 24.0 Å². The molecule has 0 saturated heterocycles. The molecule has 0 aromatic heterocycles. The molecule has 0 saturated carbocycles. The van der Waals surface area contributed by atoms with Crippen LogP contribution in [0.3, 0.4) is 0 Å². The summed E-state index contributed by atoms with van der Waals surface area (Å²) in [5, 5.41) is 10.9. The summed E-state index contributed by atoms with van der Waals surface area (Å²) in [5.74, 6) is -3.44. The van der Waals surface area contributed by atoms with Crippen LogP contribution in [0.5, 0.6) is 0 Å². The summed E-state index contributed by atoms with van der Waals surface area (Å²) >= 11 is 6.13. The number of carbonyl (C=O) groups excluding carboxylic acids is 2. The van der Waals surface area contributed by atoms with Crippen molar-refractivity contribution in [3.63, 3.8) is 0 Å². The van der Waals surface area contributed by atoms with E-state index in [-0.39, 0.29) is 0 Å². The average molecular weight is 316 g/mol. The average Bonchev–Trinajstić information content (AvgIpc) is 2.50. The fourth-order valence-corrected chi connectivity index (χ4v) is 2.31. The van der Waals surface area contributed by atoms with Crippen LogP contribution in [0.15, 0.2) is 30.3 Å². The van der Waals surface area contributed by atoms with Crippen molar-refractivity contribution in [3.05, 3.63) is 46.0 Å². The molecule has 0 radical (unpaired) electrons. The SMILES string of the molecule is COC(=O)C(Cl)(C(=O)OC)C(C[N+](=O)[O-])c1ccccc1. The zero-order valence-electron chi connectivity index (χ0n) is 11.4. The first-order chi connectivity index (χ1) is 9.87. The summed E-state index contributed by atoms with van der Waals surface area (Å²) in [6.07, 6.45) is 0. The van der Waals surface area contributed by atoms with Gasteiger partial charge >= 0.3 is 11.9 Å². The molecule has 0 aliphatic carbocycles. The Morgan fingerprint density at radius 2 is 1.71 bits per heavy atom. The summed E-state index contributed by atoms with van der Waals surface area (Å²) in [5.41, 5.74) is 0.361. The van der Waals surface area contributed by atoms with Gasteiger partial charge in [-0.05, 0) is 5.56 Å². The number of hydrogen-bond acceptors (Lipinski definition) is 6. The second kappa shape index (κ2) is 7.03. The third-order valence-electron chi connectivity index (χ3n) is 2.98. The number of esters is 2. The minimum absolute atomic E-state index is 0.361. The molecule has 0 fully saturated rings. The van der Waals surface area contributed by atoms with Gasteiger partial charge in [-0.3, -0.25) is 10.1 Å². The quantitative estimate of drug-likeness (QED) is 0.259. The summed E-state index contributed by atoms with van der Waals surface area (Å²) < 4.78 is 9.06. The molecule has 114 valence electrons. The highest BCUT2D eigenvalue weighted by Crippen LogP contribution is 2.37. The molecular formula is C13H14ClNO6. The highest BCUT2D eigenvalue weighted by Gasteiger charge is 2.56. The molecule has 1 aromatic rings. The molecular weight excluding hydrogens is 302 g/mol. The maximum Gasteiger partial charge on any atom is 0.339 e. The predicted molar refractivity (Wildman–Crippen MR) is 73.7 cm³/mol. The van der Waals surface area contributed by atoms with Gasteiger partial charge < -0.3 is 9.47 Å². The Balaban J connectivity index is 3.41. The minimum Gasteiger partial charge on any atom is -0.467 e. The number of benzene rings is 1. The topological polar surface area (TPSA) is 95.7 Å². The molecule has 7 nitrogen and oxygen atoms in total. The predicted octanol–water partition coefficient (Wildman–Crippen LogP) is 1.37.